The Morgan fingerprint density at radius 1 is 1.32 bits per heavy atom. The molecule has 3 aromatic rings. The lowest BCUT2D eigenvalue weighted by Crippen LogP contribution is -2.35. The number of nitrogens with one attached hydrogen (secondary N) is 1. The summed E-state index contributed by atoms with van der Waals surface area (Å²) in [6.45, 7) is 1.68. The van der Waals surface area contributed by atoms with Crippen LogP contribution in [0.2, 0.25) is 0 Å². The molecule has 4 rings (SSSR count). The van der Waals surface area contributed by atoms with Crippen LogP contribution in [0.5, 0.6) is 17.2 Å². The van der Waals surface area contributed by atoms with Gasteiger partial charge in [0.15, 0.2) is 11.5 Å². The van der Waals surface area contributed by atoms with Crippen molar-refractivity contribution in [1.82, 2.24) is 19.9 Å². The van der Waals surface area contributed by atoms with Gasteiger partial charge in [-0.1, -0.05) is 0 Å². The van der Waals surface area contributed by atoms with E-state index in [4.69, 9.17) is 4.74 Å². The molecule has 0 amide bonds. The number of aromatic nitrogens is 3. The normalized spacial score (nSPS) is 13.9. The molecule has 8 nitrogen and oxygen atoms in total. The van der Waals surface area contributed by atoms with Gasteiger partial charge in [0.05, 0.1) is 18.4 Å². The lowest BCUT2D eigenvalue weighted by molar-refractivity contribution is 0.241. The average molecular weight is 380 g/mol. The van der Waals surface area contributed by atoms with Gasteiger partial charge >= 0.3 is 0 Å². The highest BCUT2D eigenvalue weighted by Gasteiger charge is 2.22. The zero-order valence-corrected chi connectivity index (χ0v) is 15.3. The van der Waals surface area contributed by atoms with E-state index < -0.39 is 0 Å². The number of ether oxygens (including phenoxy) is 1. The average Bonchev–Trinajstić information content (AvgIpc) is 2.71. The van der Waals surface area contributed by atoms with Crippen LogP contribution in [0.1, 0.15) is 16.8 Å². The van der Waals surface area contributed by atoms with E-state index in [1.165, 1.54) is 13.2 Å². The van der Waals surface area contributed by atoms with Crippen molar-refractivity contribution in [2.45, 2.75) is 19.5 Å². The van der Waals surface area contributed by atoms with Crippen molar-refractivity contribution in [3.63, 3.8) is 0 Å². The van der Waals surface area contributed by atoms with E-state index in [-0.39, 0.29) is 22.8 Å². The van der Waals surface area contributed by atoms with Gasteiger partial charge in [0.1, 0.15) is 5.82 Å². The predicted molar refractivity (Wildman–Crippen MR) is 102 cm³/mol. The number of benzene rings is 1. The second-order valence-corrected chi connectivity index (χ2v) is 6.71. The standard InChI is InChI=1S/C20H20N4O4/c1-28-17-8-12(7-16(25)18(17)26)10-24-6-4-15-14(11-24)20(27)23-19(22-15)13-3-2-5-21-9-13/h2-3,5,7-9,25-26H,4,6,10-11H2,1H3,(H,22,23,27). The van der Waals surface area contributed by atoms with Crippen molar-refractivity contribution in [2.75, 3.05) is 13.7 Å². The smallest absolute Gasteiger partial charge is 0.255 e. The Morgan fingerprint density at radius 3 is 2.93 bits per heavy atom. The number of H-pyrrole nitrogens is 1. The summed E-state index contributed by atoms with van der Waals surface area (Å²) in [5.41, 5.74) is 2.85. The first kappa shape index (κ1) is 18.0. The van der Waals surface area contributed by atoms with Crippen LogP contribution in [0.15, 0.2) is 41.5 Å². The highest BCUT2D eigenvalue weighted by Crippen LogP contribution is 2.36. The van der Waals surface area contributed by atoms with Crippen LogP contribution in [0.4, 0.5) is 0 Å². The number of phenols is 2. The highest BCUT2D eigenvalue weighted by atomic mass is 16.5. The van der Waals surface area contributed by atoms with E-state index in [9.17, 15) is 15.0 Å². The monoisotopic (exact) mass is 380 g/mol. The summed E-state index contributed by atoms with van der Waals surface area (Å²) in [5.74, 6) is 0.234. The van der Waals surface area contributed by atoms with Gasteiger partial charge in [-0.2, -0.15) is 0 Å². The largest absolute Gasteiger partial charge is 0.504 e. The van der Waals surface area contributed by atoms with Crippen LogP contribution in [0, 0.1) is 0 Å². The van der Waals surface area contributed by atoms with Crippen LogP contribution in [0.25, 0.3) is 11.4 Å². The Bertz CT molecular complexity index is 1070. The minimum absolute atomic E-state index is 0.153. The van der Waals surface area contributed by atoms with Crippen molar-refractivity contribution < 1.29 is 14.9 Å². The Labute approximate surface area is 161 Å². The van der Waals surface area contributed by atoms with E-state index in [1.54, 1.807) is 24.5 Å². The van der Waals surface area contributed by atoms with Gasteiger partial charge in [0.25, 0.3) is 5.56 Å². The number of methoxy groups -OCH3 is 1. The van der Waals surface area contributed by atoms with E-state index >= 15 is 0 Å². The molecule has 0 saturated heterocycles. The fourth-order valence-corrected chi connectivity index (χ4v) is 3.41. The molecule has 1 aliphatic rings. The molecule has 0 spiro atoms. The quantitative estimate of drug-likeness (QED) is 0.592. The summed E-state index contributed by atoms with van der Waals surface area (Å²) in [6.07, 6.45) is 3.99. The summed E-state index contributed by atoms with van der Waals surface area (Å²) in [4.78, 5) is 26.2. The molecule has 8 heteroatoms. The summed E-state index contributed by atoms with van der Waals surface area (Å²) < 4.78 is 5.09. The van der Waals surface area contributed by atoms with Gasteiger partial charge in [-0.05, 0) is 29.8 Å². The number of aromatic hydroxyl groups is 2. The van der Waals surface area contributed by atoms with Gasteiger partial charge in [-0.25, -0.2) is 4.98 Å². The summed E-state index contributed by atoms with van der Waals surface area (Å²) >= 11 is 0. The molecule has 144 valence electrons. The summed E-state index contributed by atoms with van der Waals surface area (Å²) in [5, 5.41) is 19.6. The first-order chi connectivity index (χ1) is 13.5. The molecule has 0 aliphatic carbocycles. The molecule has 0 saturated carbocycles. The number of aromatic amines is 1. The van der Waals surface area contributed by atoms with Crippen LogP contribution in [0.3, 0.4) is 0 Å². The molecule has 28 heavy (non-hydrogen) atoms. The maximum atomic E-state index is 12.6. The fourth-order valence-electron chi connectivity index (χ4n) is 3.41. The van der Waals surface area contributed by atoms with Gasteiger partial charge in [0, 0.05) is 44.0 Å². The molecule has 0 fully saturated rings. The number of pyridine rings is 1. The Hall–Kier alpha value is -3.39. The molecule has 2 aromatic heterocycles. The van der Waals surface area contributed by atoms with Crippen molar-refractivity contribution in [2.24, 2.45) is 0 Å². The fraction of sp³-hybridized carbons (Fsp3) is 0.250. The van der Waals surface area contributed by atoms with E-state index in [1.807, 2.05) is 6.07 Å². The zero-order chi connectivity index (χ0) is 19.7. The van der Waals surface area contributed by atoms with Crippen molar-refractivity contribution in [3.8, 4) is 28.6 Å². The highest BCUT2D eigenvalue weighted by molar-refractivity contribution is 5.53. The lowest BCUT2D eigenvalue weighted by atomic mass is 10.1. The van der Waals surface area contributed by atoms with Gasteiger partial charge in [-0.15, -0.1) is 0 Å². The topological polar surface area (TPSA) is 112 Å². The third-order valence-electron chi connectivity index (χ3n) is 4.82. The van der Waals surface area contributed by atoms with Crippen LogP contribution in [-0.4, -0.2) is 43.7 Å². The lowest BCUT2D eigenvalue weighted by Gasteiger charge is -2.28. The zero-order valence-electron chi connectivity index (χ0n) is 15.3. The van der Waals surface area contributed by atoms with E-state index in [0.717, 1.165) is 23.4 Å². The molecule has 1 aromatic carbocycles. The van der Waals surface area contributed by atoms with Crippen molar-refractivity contribution >= 4 is 0 Å². The molecule has 0 unspecified atom stereocenters. The number of phenolic OH excluding ortho intramolecular Hbond substituents is 2. The second-order valence-electron chi connectivity index (χ2n) is 6.71. The first-order valence-electron chi connectivity index (χ1n) is 8.89. The SMILES string of the molecule is COc1cc(CN2CCc3nc(-c4cccnc4)[nH]c(=O)c3C2)cc(O)c1O. The van der Waals surface area contributed by atoms with Gasteiger partial charge < -0.3 is 19.9 Å². The third kappa shape index (κ3) is 3.41. The van der Waals surface area contributed by atoms with Crippen molar-refractivity contribution in [3.05, 3.63) is 63.8 Å². The Kier molecular flexibility index (Phi) is 4.70. The second kappa shape index (κ2) is 7.32. The van der Waals surface area contributed by atoms with E-state index in [2.05, 4.69) is 19.9 Å². The third-order valence-corrected chi connectivity index (χ3v) is 4.82. The Balaban J connectivity index is 1.57. The number of hydrogen-bond donors (Lipinski definition) is 3. The molecule has 0 radical (unpaired) electrons. The first-order valence-corrected chi connectivity index (χ1v) is 8.89. The Morgan fingerprint density at radius 2 is 2.18 bits per heavy atom. The number of hydrogen-bond acceptors (Lipinski definition) is 7. The van der Waals surface area contributed by atoms with Crippen molar-refractivity contribution in [1.29, 1.82) is 0 Å². The maximum absolute atomic E-state index is 12.6. The number of fused-ring (bicyclic) bond motifs is 1. The molecule has 0 bridgehead atoms. The van der Waals surface area contributed by atoms with Gasteiger partial charge in [0.2, 0.25) is 5.75 Å². The summed E-state index contributed by atoms with van der Waals surface area (Å²) in [7, 11) is 1.43. The molecular formula is C20H20N4O4. The molecule has 0 atom stereocenters. The predicted octanol–water partition coefficient (Wildman–Crippen LogP) is 1.81. The number of nitrogens with zero attached hydrogens (tertiary/aromatic N) is 3. The molecular weight excluding hydrogens is 360 g/mol. The molecule has 1 aliphatic heterocycles. The van der Waals surface area contributed by atoms with Gasteiger partial charge in [-0.3, -0.25) is 14.7 Å². The minimum Gasteiger partial charge on any atom is -0.504 e. The molecule has 3 N–H and O–H groups in total. The summed E-state index contributed by atoms with van der Waals surface area (Å²) in [6, 6.07) is 6.84. The van der Waals surface area contributed by atoms with Crippen LogP contribution < -0.4 is 10.3 Å². The maximum Gasteiger partial charge on any atom is 0.255 e. The van der Waals surface area contributed by atoms with E-state index in [0.29, 0.717) is 30.9 Å². The van der Waals surface area contributed by atoms with Crippen LogP contribution >= 0.6 is 0 Å². The molecule has 3 heterocycles. The number of rotatable bonds is 4. The minimum atomic E-state index is -0.279. The van der Waals surface area contributed by atoms with Crippen LogP contribution in [-0.2, 0) is 19.5 Å².